The second kappa shape index (κ2) is 12.5. The number of thioether (sulfide) groups is 1. The molecule has 0 saturated heterocycles. The third-order valence-electron chi connectivity index (χ3n) is 6.07. The van der Waals surface area contributed by atoms with Crippen molar-refractivity contribution in [3.05, 3.63) is 115 Å². The summed E-state index contributed by atoms with van der Waals surface area (Å²) in [6.45, 7) is -0.193. The first-order valence-corrected chi connectivity index (χ1v) is 14.1. The summed E-state index contributed by atoms with van der Waals surface area (Å²) in [6, 6.07) is 22.2. The fraction of sp³-hybridized carbons (Fsp3) is 0.103. The van der Waals surface area contributed by atoms with Gasteiger partial charge in [0, 0.05) is 17.6 Å². The highest BCUT2D eigenvalue weighted by Gasteiger charge is 2.19. The van der Waals surface area contributed by atoms with E-state index in [4.69, 9.17) is 27.9 Å². The zero-order valence-corrected chi connectivity index (χ0v) is 24.2. The topological polar surface area (TPSA) is 132 Å². The Hall–Kier alpha value is -4.63. The molecule has 2 aromatic heterocycles. The Morgan fingerprint density at radius 1 is 1.02 bits per heavy atom. The second-order valence-corrected chi connectivity index (χ2v) is 10.6. The van der Waals surface area contributed by atoms with E-state index in [-0.39, 0.29) is 39.6 Å². The predicted octanol–water partition coefficient (Wildman–Crippen LogP) is 4.78. The van der Waals surface area contributed by atoms with Crippen LogP contribution in [0.2, 0.25) is 10.0 Å². The number of hydrogen-bond acceptors (Lipinski definition) is 8. The molecular formula is C29H20Cl2N6O4S. The summed E-state index contributed by atoms with van der Waals surface area (Å²) in [6.07, 6.45) is 0. The van der Waals surface area contributed by atoms with Crippen molar-refractivity contribution >= 4 is 51.8 Å². The first-order chi connectivity index (χ1) is 20.3. The quantitative estimate of drug-likeness (QED) is 0.194. The number of benzene rings is 3. The van der Waals surface area contributed by atoms with Gasteiger partial charge in [0.25, 0.3) is 11.1 Å². The number of hydrogen-bond donors (Lipinski definition) is 1. The number of carbonyl (C=O) groups is 1. The van der Waals surface area contributed by atoms with Gasteiger partial charge < -0.3 is 4.74 Å². The number of fused-ring (bicyclic) bond motifs is 1. The van der Waals surface area contributed by atoms with Gasteiger partial charge in [0.1, 0.15) is 24.0 Å². The van der Waals surface area contributed by atoms with Crippen molar-refractivity contribution in [1.29, 1.82) is 5.26 Å². The van der Waals surface area contributed by atoms with Crippen molar-refractivity contribution in [1.82, 2.24) is 19.2 Å². The minimum atomic E-state index is -0.565. The maximum Gasteiger partial charge on any atom is 0.280 e. The molecule has 0 radical (unpaired) electrons. The maximum atomic E-state index is 13.4. The molecule has 13 heteroatoms. The van der Waals surface area contributed by atoms with Crippen LogP contribution in [0.4, 0.5) is 0 Å². The predicted molar refractivity (Wildman–Crippen MR) is 162 cm³/mol. The van der Waals surface area contributed by atoms with E-state index in [0.717, 1.165) is 16.4 Å². The smallest absolute Gasteiger partial charge is 0.280 e. The number of nitrogens with one attached hydrogen (secondary N) is 1. The van der Waals surface area contributed by atoms with Gasteiger partial charge in [-0.25, -0.2) is 9.97 Å². The second-order valence-electron chi connectivity index (χ2n) is 8.83. The van der Waals surface area contributed by atoms with Gasteiger partial charge in [-0.2, -0.15) is 9.94 Å². The molecule has 42 heavy (non-hydrogen) atoms. The zero-order valence-electron chi connectivity index (χ0n) is 21.9. The van der Waals surface area contributed by atoms with E-state index in [9.17, 15) is 19.6 Å². The maximum absolute atomic E-state index is 13.4. The van der Waals surface area contributed by atoms with Gasteiger partial charge >= 0.3 is 0 Å². The summed E-state index contributed by atoms with van der Waals surface area (Å²) < 4.78 is 8.03. The Morgan fingerprint density at radius 3 is 2.50 bits per heavy atom. The number of para-hydroxylation sites is 1. The van der Waals surface area contributed by atoms with E-state index in [0.29, 0.717) is 27.2 Å². The van der Waals surface area contributed by atoms with Crippen LogP contribution < -0.4 is 21.3 Å². The summed E-state index contributed by atoms with van der Waals surface area (Å²) in [7, 11) is 1.47. The highest BCUT2D eigenvalue weighted by atomic mass is 35.5. The number of nitrogens with zero attached hydrogens (tertiary/aromatic N) is 5. The average molecular weight is 619 g/mol. The fourth-order valence-electron chi connectivity index (χ4n) is 4.03. The number of ether oxygens (including phenoxy) is 1. The molecule has 3 aromatic carbocycles. The first kappa shape index (κ1) is 28.9. The molecule has 0 unspecified atom stereocenters. The molecular weight excluding hydrogens is 599 g/mol. The summed E-state index contributed by atoms with van der Waals surface area (Å²) >= 11 is 13.2. The molecule has 10 nitrogen and oxygen atoms in total. The molecule has 0 spiro atoms. The molecule has 0 fully saturated rings. The number of halogens is 2. The molecule has 5 aromatic rings. The van der Waals surface area contributed by atoms with Crippen molar-refractivity contribution in [2.75, 3.05) is 11.2 Å². The van der Waals surface area contributed by atoms with E-state index in [1.165, 1.54) is 17.7 Å². The van der Waals surface area contributed by atoms with Crippen LogP contribution in [0.5, 0.6) is 5.75 Å². The highest BCUT2D eigenvalue weighted by Crippen LogP contribution is 2.28. The molecule has 5 rings (SSSR count). The van der Waals surface area contributed by atoms with Crippen molar-refractivity contribution in [2.45, 2.75) is 11.8 Å². The van der Waals surface area contributed by atoms with E-state index >= 15 is 0 Å². The summed E-state index contributed by atoms with van der Waals surface area (Å²) in [4.78, 5) is 48.4. The Morgan fingerprint density at radius 2 is 1.76 bits per heavy atom. The van der Waals surface area contributed by atoms with Gasteiger partial charge in [-0.15, -0.1) is 0 Å². The number of carbonyl (C=O) groups excluding carboxylic acids is 1. The van der Waals surface area contributed by atoms with E-state index in [2.05, 4.69) is 15.4 Å². The molecule has 0 aliphatic heterocycles. The van der Waals surface area contributed by atoms with Crippen LogP contribution in [-0.2, 0) is 18.4 Å². The van der Waals surface area contributed by atoms with E-state index in [1.54, 1.807) is 60.7 Å². The summed E-state index contributed by atoms with van der Waals surface area (Å²) in [5.74, 6) is -0.328. The minimum absolute atomic E-state index is 0.100. The van der Waals surface area contributed by atoms with Gasteiger partial charge in [-0.1, -0.05) is 77.4 Å². The standard InChI is InChI=1S/C29H20Cl2N6O4S/c1-36-27(39)20(14-32)26(17-7-3-2-4-8-17)34-29(36)42-16-25(38)35-37-24(15-41-23-12-11-18(30)13-21(23)31)33-22-10-6-5-9-19(22)28(37)40/h2-13H,15-16H2,1H3,(H,35,38). The van der Waals surface area contributed by atoms with Crippen LogP contribution in [0.3, 0.4) is 0 Å². The Labute approximate surface area is 253 Å². The van der Waals surface area contributed by atoms with Crippen molar-refractivity contribution in [2.24, 2.45) is 7.05 Å². The Balaban J connectivity index is 1.42. The third kappa shape index (κ3) is 6.01. The lowest BCUT2D eigenvalue weighted by Gasteiger charge is -2.16. The zero-order chi connectivity index (χ0) is 29.8. The average Bonchev–Trinajstić information content (AvgIpc) is 2.99. The number of aromatic nitrogens is 4. The summed E-state index contributed by atoms with van der Waals surface area (Å²) in [5.41, 5.74) is 2.68. The SMILES string of the molecule is Cn1c(SCC(=O)Nn2c(COc3ccc(Cl)cc3Cl)nc3ccccc3c2=O)nc(-c2ccccc2)c(C#N)c1=O. The van der Waals surface area contributed by atoms with Crippen LogP contribution in [-0.4, -0.2) is 30.9 Å². The molecule has 0 atom stereocenters. The van der Waals surface area contributed by atoms with Gasteiger partial charge in [0.2, 0.25) is 5.91 Å². The fourth-order valence-corrected chi connectivity index (χ4v) is 5.25. The lowest BCUT2D eigenvalue weighted by atomic mass is 10.1. The van der Waals surface area contributed by atoms with Gasteiger partial charge in [-0.3, -0.25) is 24.4 Å². The third-order valence-corrected chi connectivity index (χ3v) is 7.63. The molecule has 0 aliphatic rings. The lowest BCUT2D eigenvalue weighted by molar-refractivity contribution is -0.114. The van der Waals surface area contributed by atoms with Crippen molar-refractivity contribution < 1.29 is 9.53 Å². The van der Waals surface area contributed by atoms with Gasteiger partial charge in [0.15, 0.2) is 11.0 Å². The Bertz CT molecular complexity index is 1990. The molecule has 1 amide bonds. The molecule has 2 heterocycles. The molecule has 1 N–H and O–H groups in total. The van der Waals surface area contributed by atoms with E-state index < -0.39 is 17.0 Å². The minimum Gasteiger partial charge on any atom is -0.484 e. The van der Waals surface area contributed by atoms with Crippen LogP contribution >= 0.6 is 35.0 Å². The largest absolute Gasteiger partial charge is 0.484 e. The van der Waals surface area contributed by atoms with Crippen molar-refractivity contribution in [3.8, 4) is 23.1 Å². The van der Waals surface area contributed by atoms with Gasteiger partial charge in [-0.05, 0) is 30.3 Å². The number of rotatable bonds is 8. The monoisotopic (exact) mass is 618 g/mol. The molecule has 0 bridgehead atoms. The number of nitriles is 1. The van der Waals surface area contributed by atoms with Crippen LogP contribution in [0.25, 0.3) is 22.2 Å². The van der Waals surface area contributed by atoms with Crippen LogP contribution in [0, 0.1) is 11.3 Å². The van der Waals surface area contributed by atoms with Crippen LogP contribution in [0.1, 0.15) is 11.4 Å². The van der Waals surface area contributed by atoms with Crippen molar-refractivity contribution in [3.63, 3.8) is 0 Å². The highest BCUT2D eigenvalue weighted by molar-refractivity contribution is 7.99. The lowest BCUT2D eigenvalue weighted by Crippen LogP contribution is -2.37. The molecule has 0 aliphatic carbocycles. The summed E-state index contributed by atoms with van der Waals surface area (Å²) in [5, 5.41) is 10.8. The molecule has 0 saturated carbocycles. The van der Waals surface area contributed by atoms with E-state index in [1.807, 2.05) is 12.1 Å². The van der Waals surface area contributed by atoms with Gasteiger partial charge in [0.05, 0.1) is 27.4 Å². The normalized spacial score (nSPS) is 10.8. The first-order valence-electron chi connectivity index (χ1n) is 12.3. The molecule has 210 valence electrons. The number of amides is 1. The Kier molecular flexibility index (Phi) is 8.59. The van der Waals surface area contributed by atoms with Crippen LogP contribution in [0.15, 0.2) is 87.5 Å².